The van der Waals surface area contributed by atoms with E-state index in [4.69, 9.17) is 4.74 Å². The molecule has 2 aliphatic rings. The lowest BCUT2D eigenvalue weighted by Crippen LogP contribution is -2.25. The standard InChI is InChI=1S/C22H29NO3/c1-22(2)18-11-7-8-12-19(18)23(3)20(22)14-17(24)15-26-21(25)13-16-9-5-4-6-10-16/h7-8,11-12,14,16H,4-6,9-10,13,15H2,1-3H3. The smallest absolute Gasteiger partial charge is 0.306 e. The summed E-state index contributed by atoms with van der Waals surface area (Å²) < 4.78 is 5.25. The summed E-state index contributed by atoms with van der Waals surface area (Å²) >= 11 is 0. The Kier molecular flexibility index (Phi) is 5.49. The minimum absolute atomic E-state index is 0.162. The molecule has 0 amide bonds. The second kappa shape index (κ2) is 7.65. The first-order valence-electron chi connectivity index (χ1n) is 9.63. The van der Waals surface area contributed by atoms with Crippen molar-refractivity contribution >= 4 is 17.4 Å². The van der Waals surface area contributed by atoms with Gasteiger partial charge < -0.3 is 9.64 Å². The molecule has 1 aromatic rings. The third-order valence-corrected chi connectivity index (χ3v) is 5.79. The zero-order valence-corrected chi connectivity index (χ0v) is 16.1. The number of hydrogen-bond acceptors (Lipinski definition) is 4. The van der Waals surface area contributed by atoms with Gasteiger partial charge in [0.2, 0.25) is 0 Å². The summed E-state index contributed by atoms with van der Waals surface area (Å²) in [6.07, 6.45) is 7.95. The number of anilines is 1. The van der Waals surface area contributed by atoms with Gasteiger partial charge in [0.1, 0.15) is 0 Å². The first-order chi connectivity index (χ1) is 12.4. The second-order valence-corrected chi connectivity index (χ2v) is 8.07. The normalized spacial score (nSPS) is 20.9. The Morgan fingerprint density at radius 1 is 1.19 bits per heavy atom. The van der Waals surface area contributed by atoms with Gasteiger partial charge in [-0.05, 0) is 30.4 Å². The van der Waals surface area contributed by atoms with E-state index in [0.717, 1.165) is 24.2 Å². The van der Waals surface area contributed by atoms with Gasteiger partial charge in [0, 0.05) is 36.3 Å². The number of nitrogens with zero attached hydrogens (tertiary/aromatic N) is 1. The number of carbonyl (C=O) groups is 2. The molecule has 1 fully saturated rings. The molecule has 0 aromatic heterocycles. The Bertz CT molecular complexity index is 714. The number of carbonyl (C=O) groups excluding carboxylic acids is 2. The minimum Gasteiger partial charge on any atom is -0.457 e. The van der Waals surface area contributed by atoms with Crippen molar-refractivity contribution in [2.24, 2.45) is 5.92 Å². The summed E-state index contributed by atoms with van der Waals surface area (Å²) in [5.74, 6) is 0.0230. The Balaban J connectivity index is 1.59. The van der Waals surface area contributed by atoms with Crippen LogP contribution in [0, 0.1) is 5.92 Å². The number of rotatable bonds is 5. The highest BCUT2D eigenvalue weighted by molar-refractivity contribution is 5.94. The number of benzene rings is 1. The van der Waals surface area contributed by atoms with E-state index in [-0.39, 0.29) is 23.8 Å². The number of allylic oxidation sites excluding steroid dienone is 1. The number of ether oxygens (including phenoxy) is 1. The Morgan fingerprint density at radius 3 is 2.58 bits per heavy atom. The Morgan fingerprint density at radius 2 is 1.88 bits per heavy atom. The van der Waals surface area contributed by atoms with E-state index in [1.54, 1.807) is 6.08 Å². The molecule has 1 saturated carbocycles. The molecule has 4 nitrogen and oxygen atoms in total. The van der Waals surface area contributed by atoms with Gasteiger partial charge in [0.25, 0.3) is 0 Å². The Hall–Kier alpha value is -2.10. The molecule has 1 aliphatic heterocycles. The molecule has 0 saturated heterocycles. The van der Waals surface area contributed by atoms with E-state index >= 15 is 0 Å². The minimum atomic E-state index is -0.244. The molecule has 140 valence electrons. The largest absolute Gasteiger partial charge is 0.457 e. The number of para-hydroxylation sites is 1. The SMILES string of the molecule is CN1C(=CC(=O)COC(=O)CC2CCCCC2)C(C)(C)c2ccccc21. The van der Waals surface area contributed by atoms with Crippen LogP contribution in [0.4, 0.5) is 5.69 Å². The van der Waals surface area contributed by atoms with E-state index in [1.807, 2.05) is 19.2 Å². The lowest BCUT2D eigenvalue weighted by atomic mass is 9.83. The lowest BCUT2D eigenvalue weighted by Gasteiger charge is -2.24. The molecule has 0 N–H and O–H groups in total. The maximum atomic E-state index is 12.4. The summed E-state index contributed by atoms with van der Waals surface area (Å²) in [5, 5.41) is 0. The maximum absolute atomic E-state index is 12.4. The summed E-state index contributed by atoms with van der Waals surface area (Å²) in [7, 11) is 1.97. The molecule has 0 atom stereocenters. The third-order valence-electron chi connectivity index (χ3n) is 5.79. The van der Waals surface area contributed by atoms with Crippen LogP contribution in [0.2, 0.25) is 0 Å². The van der Waals surface area contributed by atoms with Gasteiger partial charge in [0.15, 0.2) is 12.4 Å². The lowest BCUT2D eigenvalue weighted by molar-refractivity contribution is -0.148. The van der Waals surface area contributed by atoms with Gasteiger partial charge in [-0.25, -0.2) is 0 Å². The van der Waals surface area contributed by atoms with Gasteiger partial charge in [-0.2, -0.15) is 0 Å². The molecular formula is C22H29NO3. The number of fused-ring (bicyclic) bond motifs is 1. The molecule has 0 bridgehead atoms. The second-order valence-electron chi connectivity index (χ2n) is 8.07. The number of esters is 1. The van der Waals surface area contributed by atoms with Crippen molar-refractivity contribution in [2.45, 2.75) is 57.8 Å². The van der Waals surface area contributed by atoms with Gasteiger partial charge in [-0.15, -0.1) is 0 Å². The first kappa shape index (κ1) is 18.7. The van der Waals surface area contributed by atoms with Crippen molar-refractivity contribution in [3.05, 3.63) is 41.6 Å². The summed E-state index contributed by atoms with van der Waals surface area (Å²) in [6, 6.07) is 8.18. The fraction of sp³-hybridized carbons (Fsp3) is 0.545. The first-order valence-corrected chi connectivity index (χ1v) is 9.63. The van der Waals surface area contributed by atoms with Gasteiger partial charge >= 0.3 is 5.97 Å². The fourth-order valence-corrected chi connectivity index (χ4v) is 4.29. The molecule has 4 heteroatoms. The average molecular weight is 355 g/mol. The maximum Gasteiger partial charge on any atom is 0.306 e. The molecule has 0 unspecified atom stereocenters. The van der Waals surface area contributed by atoms with Crippen molar-refractivity contribution in [2.75, 3.05) is 18.6 Å². The van der Waals surface area contributed by atoms with Crippen molar-refractivity contribution in [1.82, 2.24) is 0 Å². The van der Waals surface area contributed by atoms with Gasteiger partial charge in [-0.1, -0.05) is 51.3 Å². The molecule has 1 aliphatic carbocycles. The monoisotopic (exact) mass is 355 g/mol. The number of hydrogen-bond donors (Lipinski definition) is 0. The van der Waals surface area contributed by atoms with Gasteiger partial charge in [-0.3, -0.25) is 9.59 Å². The van der Waals surface area contributed by atoms with E-state index in [2.05, 4.69) is 30.9 Å². The molecule has 3 rings (SSSR count). The number of ketones is 1. The van der Waals surface area contributed by atoms with Crippen molar-refractivity contribution in [3.8, 4) is 0 Å². The van der Waals surface area contributed by atoms with Crippen LogP contribution in [-0.4, -0.2) is 25.4 Å². The fourth-order valence-electron chi connectivity index (χ4n) is 4.29. The van der Waals surface area contributed by atoms with Crippen molar-refractivity contribution in [3.63, 3.8) is 0 Å². The zero-order chi connectivity index (χ0) is 18.7. The summed E-state index contributed by atoms with van der Waals surface area (Å²) in [6.45, 7) is 4.06. The molecule has 1 aromatic carbocycles. The van der Waals surface area contributed by atoms with Gasteiger partial charge in [0.05, 0.1) is 0 Å². The van der Waals surface area contributed by atoms with Crippen molar-refractivity contribution < 1.29 is 14.3 Å². The average Bonchev–Trinajstić information content (AvgIpc) is 2.82. The van der Waals surface area contributed by atoms with Crippen LogP contribution >= 0.6 is 0 Å². The quantitative estimate of drug-likeness (QED) is 0.581. The summed E-state index contributed by atoms with van der Waals surface area (Å²) in [5.41, 5.74) is 3.02. The van der Waals surface area contributed by atoms with Crippen LogP contribution in [0.1, 0.15) is 57.9 Å². The third kappa shape index (κ3) is 3.84. The van der Waals surface area contributed by atoms with E-state index < -0.39 is 0 Å². The predicted molar refractivity (Wildman–Crippen MR) is 103 cm³/mol. The van der Waals surface area contributed by atoms with E-state index in [9.17, 15) is 9.59 Å². The van der Waals surface area contributed by atoms with Crippen LogP contribution in [0.5, 0.6) is 0 Å². The van der Waals surface area contributed by atoms with Crippen LogP contribution < -0.4 is 4.90 Å². The van der Waals surface area contributed by atoms with Crippen LogP contribution in [0.3, 0.4) is 0 Å². The van der Waals surface area contributed by atoms with E-state index in [0.29, 0.717) is 12.3 Å². The van der Waals surface area contributed by atoms with Crippen LogP contribution in [-0.2, 0) is 19.7 Å². The van der Waals surface area contributed by atoms with E-state index in [1.165, 1.54) is 24.8 Å². The highest BCUT2D eigenvalue weighted by Crippen LogP contribution is 2.46. The summed E-state index contributed by atoms with van der Waals surface area (Å²) in [4.78, 5) is 26.5. The van der Waals surface area contributed by atoms with Crippen molar-refractivity contribution in [1.29, 1.82) is 0 Å². The topological polar surface area (TPSA) is 46.6 Å². The number of likely N-dealkylation sites (N-methyl/N-ethyl adjacent to an activating group) is 1. The Labute approximate surface area is 156 Å². The highest BCUT2D eigenvalue weighted by Gasteiger charge is 2.38. The predicted octanol–water partition coefficient (Wildman–Crippen LogP) is 4.38. The molecule has 0 spiro atoms. The van der Waals surface area contributed by atoms with Crippen LogP contribution in [0.15, 0.2) is 36.0 Å². The molecule has 26 heavy (non-hydrogen) atoms. The van der Waals surface area contributed by atoms with Crippen LogP contribution in [0.25, 0.3) is 0 Å². The molecule has 0 radical (unpaired) electrons. The molecule has 1 heterocycles. The highest BCUT2D eigenvalue weighted by atomic mass is 16.5. The zero-order valence-electron chi connectivity index (χ0n) is 16.1. The molecular weight excluding hydrogens is 326 g/mol.